The number of methoxy groups -OCH3 is 2. The minimum atomic E-state index is -0.377. The van der Waals surface area contributed by atoms with E-state index in [2.05, 4.69) is 20.2 Å². The molecule has 1 fully saturated rings. The number of fused-ring (bicyclic) bond motifs is 1. The summed E-state index contributed by atoms with van der Waals surface area (Å²) < 4.78 is 12.1. The van der Waals surface area contributed by atoms with Crippen molar-refractivity contribution in [3.8, 4) is 11.5 Å². The summed E-state index contributed by atoms with van der Waals surface area (Å²) in [6, 6.07) is 17.5. The van der Waals surface area contributed by atoms with E-state index in [1.165, 1.54) is 4.68 Å². The molecule has 3 N–H and O–H groups in total. The number of aromatic amines is 1. The molecule has 0 bridgehead atoms. The Labute approximate surface area is 269 Å². The molecule has 3 aliphatic rings. The summed E-state index contributed by atoms with van der Waals surface area (Å²) in [4.78, 5) is 42.7. The zero-order valence-corrected chi connectivity index (χ0v) is 26.3. The third-order valence-corrected chi connectivity index (χ3v) is 8.73. The van der Waals surface area contributed by atoms with Crippen molar-refractivity contribution < 1.29 is 19.6 Å². The molecule has 3 aromatic carbocycles. The smallest absolute Gasteiger partial charge is 0.292 e. The highest BCUT2D eigenvalue weighted by atomic mass is 16.6. The lowest BCUT2D eigenvalue weighted by molar-refractivity contribution is -0.383. The molecule has 1 saturated heterocycles. The molecule has 0 radical (unpaired) electrons. The van der Waals surface area contributed by atoms with Crippen molar-refractivity contribution >= 4 is 27.8 Å². The van der Waals surface area contributed by atoms with E-state index in [0.717, 1.165) is 48.9 Å². The minimum absolute atomic E-state index is 0.0222. The van der Waals surface area contributed by atoms with E-state index in [-0.39, 0.29) is 32.2 Å². The second-order valence-electron chi connectivity index (χ2n) is 11.5. The van der Waals surface area contributed by atoms with Crippen molar-refractivity contribution in [3.63, 3.8) is 0 Å². The average molecular weight is 644 g/mol. The quantitative estimate of drug-likeness (QED) is 0.105. The van der Waals surface area contributed by atoms with Crippen LogP contribution in [0.25, 0.3) is 10.8 Å². The summed E-state index contributed by atoms with van der Waals surface area (Å²) in [5, 5.41) is 29.0. The predicted molar refractivity (Wildman–Crippen MR) is 177 cm³/mol. The number of hydrogen-bond acceptors (Lipinski definition) is 10. The topological polar surface area (TPSA) is 160 Å². The van der Waals surface area contributed by atoms with Crippen LogP contribution in [0.3, 0.4) is 0 Å². The van der Waals surface area contributed by atoms with E-state index in [1.54, 1.807) is 50.6 Å². The number of ether oxygens (including phenoxy) is 2. The molecule has 3 aromatic rings. The van der Waals surface area contributed by atoms with Crippen LogP contribution >= 0.6 is 0 Å². The summed E-state index contributed by atoms with van der Waals surface area (Å²) in [5.41, 5.74) is 1.78. The molecular formula is C33H37N7O7. The van der Waals surface area contributed by atoms with E-state index in [0.29, 0.717) is 53.9 Å². The normalized spacial score (nSPS) is 13.7. The van der Waals surface area contributed by atoms with Crippen LogP contribution in [0.15, 0.2) is 70.3 Å². The number of hydrogen-bond donors (Lipinski definition) is 3. The van der Waals surface area contributed by atoms with Gasteiger partial charge in [-0.3, -0.25) is 24.6 Å². The molecule has 0 aromatic heterocycles. The molecular weight excluding hydrogens is 606 g/mol. The van der Waals surface area contributed by atoms with E-state index in [1.807, 2.05) is 24.3 Å². The van der Waals surface area contributed by atoms with E-state index >= 15 is 0 Å². The number of anilines is 2. The Bertz CT molecular complexity index is 2100. The van der Waals surface area contributed by atoms with Gasteiger partial charge < -0.3 is 24.9 Å². The van der Waals surface area contributed by atoms with Crippen molar-refractivity contribution in [2.75, 3.05) is 63.7 Å². The number of rotatable bonds is 12. The molecule has 0 amide bonds. The van der Waals surface area contributed by atoms with Crippen molar-refractivity contribution in [2.45, 2.75) is 19.4 Å². The molecule has 0 unspecified atom stereocenters. The van der Waals surface area contributed by atoms with Gasteiger partial charge in [0.2, 0.25) is 10.9 Å². The molecule has 14 heteroatoms. The first-order chi connectivity index (χ1) is 22.8. The van der Waals surface area contributed by atoms with Crippen LogP contribution in [0.5, 0.6) is 11.5 Å². The molecule has 6 rings (SSSR count). The monoisotopic (exact) mass is 643 g/mol. The van der Waals surface area contributed by atoms with Gasteiger partial charge in [0, 0.05) is 68.3 Å². The number of nitrogens with zero attached hydrogens (tertiary/aromatic N) is 5. The molecule has 0 spiro atoms. The Kier molecular flexibility index (Phi) is 9.02. The second kappa shape index (κ2) is 13.5. The summed E-state index contributed by atoms with van der Waals surface area (Å²) in [5.74, 6) is 1.28. The van der Waals surface area contributed by atoms with Gasteiger partial charge in [0.05, 0.1) is 19.1 Å². The fourth-order valence-corrected chi connectivity index (χ4v) is 6.25. The maximum atomic E-state index is 13.2. The van der Waals surface area contributed by atoms with Gasteiger partial charge in [0.15, 0.2) is 11.5 Å². The number of H-pyrrole nitrogens is 1. The van der Waals surface area contributed by atoms with Crippen LogP contribution in [0.1, 0.15) is 12.0 Å². The van der Waals surface area contributed by atoms with Crippen LogP contribution in [0.4, 0.5) is 17.1 Å². The van der Waals surface area contributed by atoms with Crippen molar-refractivity contribution in [3.05, 3.63) is 107 Å². The second-order valence-corrected chi connectivity index (χ2v) is 11.5. The van der Waals surface area contributed by atoms with Crippen molar-refractivity contribution in [2.24, 2.45) is 0 Å². The highest BCUT2D eigenvalue weighted by Gasteiger charge is 2.21. The average Bonchev–Trinajstić information content (AvgIpc) is 3.43. The predicted octanol–water partition coefficient (Wildman–Crippen LogP) is 3.25. The molecule has 0 saturated carbocycles. The van der Waals surface area contributed by atoms with Gasteiger partial charge in [-0.15, -0.1) is 0 Å². The fraction of sp³-hybridized carbons (Fsp3) is 0.333. The van der Waals surface area contributed by atoms with Gasteiger partial charge in [-0.25, -0.2) is 9.78 Å². The molecule has 2 heterocycles. The van der Waals surface area contributed by atoms with E-state index < -0.39 is 0 Å². The largest absolute Gasteiger partial charge is 0.493 e. The SMILES string of the molecule is COc1ccc(CCNc2cc(N3CCN(CCCn4c5c(=O)c6ccccc6c(=O)c=5[nH]n4O)CC3)ccc2[N+](=O)[O-])cc1OC. The Hall–Kier alpha value is -5.50. The Morgan fingerprint density at radius 3 is 2.34 bits per heavy atom. The van der Waals surface area contributed by atoms with Crippen LogP contribution < -0.4 is 30.5 Å². The van der Waals surface area contributed by atoms with Gasteiger partial charge >= 0.3 is 0 Å². The summed E-state index contributed by atoms with van der Waals surface area (Å²) in [6.45, 7) is 4.58. The Morgan fingerprint density at radius 1 is 0.915 bits per heavy atom. The lowest BCUT2D eigenvalue weighted by Crippen LogP contribution is -2.46. The van der Waals surface area contributed by atoms with Gasteiger partial charge in [0.1, 0.15) is 16.4 Å². The highest BCUT2D eigenvalue weighted by molar-refractivity contribution is 5.81. The van der Waals surface area contributed by atoms with Gasteiger partial charge in [-0.05, 0) is 42.7 Å². The Morgan fingerprint density at radius 2 is 1.64 bits per heavy atom. The summed E-state index contributed by atoms with van der Waals surface area (Å²) >= 11 is 0. The summed E-state index contributed by atoms with van der Waals surface area (Å²) in [7, 11) is 3.17. The highest BCUT2D eigenvalue weighted by Crippen LogP contribution is 2.31. The van der Waals surface area contributed by atoms with E-state index in [9.17, 15) is 24.9 Å². The Balaban J connectivity index is 1.06. The van der Waals surface area contributed by atoms with E-state index in [4.69, 9.17) is 9.47 Å². The zero-order valence-electron chi connectivity index (χ0n) is 26.3. The first-order valence-electron chi connectivity index (χ1n) is 15.5. The van der Waals surface area contributed by atoms with Gasteiger partial charge in [-0.1, -0.05) is 35.3 Å². The number of aromatic nitrogens is 3. The third-order valence-electron chi connectivity index (χ3n) is 8.73. The molecule has 47 heavy (non-hydrogen) atoms. The van der Waals surface area contributed by atoms with Crippen LogP contribution in [0.2, 0.25) is 0 Å². The van der Waals surface area contributed by atoms with Gasteiger partial charge in [-0.2, -0.15) is 0 Å². The standard InChI is InChI=1S/C33H37N7O7/c1-46-28-11-8-22(20-29(28)47-2)12-13-34-26-21-23(9-10-27(26)39(43)44)37-18-16-36(17-19-37)14-5-15-38-31-30(35-40(38)45)32(41)24-6-3-4-7-25(24)33(31)42/h3-4,6-11,20-21,34-35,45H,5,12-19H2,1-2H3. The van der Waals surface area contributed by atoms with Crippen LogP contribution in [-0.2, 0) is 13.0 Å². The lowest BCUT2D eigenvalue weighted by atomic mass is 10.1. The van der Waals surface area contributed by atoms with Gasteiger partial charge in [0.25, 0.3) is 5.69 Å². The summed E-state index contributed by atoms with van der Waals surface area (Å²) in [6.07, 6.45) is 1.28. The first kappa shape index (κ1) is 31.5. The number of nitro benzene ring substituents is 1. The van der Waals surface area contributed by atoms with Crippen molar-refractivity contribution in [1.29, 1.82) is 0 Å². The maximum Gasteiger partial charge on any atom is 0.292 e. The molecule has 2 aliphatic heterocycles. The van der Waals surface area contributed by atoms with Crippen LogP contribution in [-0.4, -0.2) is 83.3 Å². The fourth-order valence-electron chi connectivity index (χ4n) is 6.25. The van der Waals surface area contributed by atoms with Crippen LogP contribution in [0, 0.1) is 20.8 Å². The third kappa shape index (κ3) is 6.31. The number of nitro groups is 1. The minimum Gasteiger partial charge on any atom is -0.493 e. The molecule has 1 aliphatic carbocycles. The number of benzene rings is 3. The lowest BCUT2D eigenvalue weighted by Gasteiger charge is -2.36. The molecule has 0 atom stereocenters. The number of piperazine rings is 1. The maximum absolute atomic E-state index is 13.2. The molecule has 246 valence electrons. The number of nitrogens with one attached hydrogen (secondary N) is 2. The van der Waals surface area contributed by atoms with Crippen molar-refractivity contribution in [1.82, 2.24) is 19.6 Å². The molecule has 14 nitrogen and oxygen atoms in total. The zero-order chi connectivity index (χ0) is 33.1. The first-order valence-corrected chi connectivity index (χ1v) is 15.5.